The molecular formula is C24H26BrNO2S. The summed E-state index contributed by atoms with van der Waals surface area (Å²) in [5, 5.41) is 0. The molecule has 3 aromatic rings. The minimum Gasteiger partial charge on any atom is -0.207 e. The average molecular weight is 472 g/mol. The Hall–Kier alpha value is -1.95. The molecule has 0 fully saturated rings. The van der Waals surface area contributed by atoms with Gasteiger partial charge in [-0.3, -0.25) is 0 Å². The van der Waals surface area contributed by atoms with E-state index >= 15 is 0 Å². The van der Waals surface area contributed by atoms with Gasteiger partial charge in [0, 0.05) is 17.6 Å². The van der Waals surface area contributed by atoms with Gasteiger partial charge in [-0.1, -0.05) is 76.1 Å². The van der Waals surface area contributed by atoms with Crippen LogP contribution in [-0.2, 0) is 23.0 Å². The lowest BCUT2D eigenvalue weighted by molar-refractivity contribution is 0.409. The first kappa shape index (κ1) is 21.8. The van der Waals surface area contributed by atoms with Crippen LogP contribution in [0.15, 0.2) is 76.1 Å². The number of aryl methyl sites for hydroxylation is 3. The van der Waals surface area contributed by atoms with Gasteiger partial charge in [-0.2, -0.15) is 4.31 Å². The largest absolute Gasteiger partial charge is 0.243 e. The van der Waals surface area contributed by atoms with Crippen LogP contribution in [-0.4, -0.2) is 19.3 Å². The zero-order chi connectivity index (χ0) is 21.0. The molecule has 0 bridgehead atoms. The first-order valence-electron chi connectivity index (χ1n) is 9.64. The number of rotatable bonds is 7. The van der Waals surface area contributed by atoms with E-state index in [4.69, 9.17) is 0 Å². The first-order chi connectivity index (χ1) is 13.8. The van der Waals surface area contributed by atoms with Crippen molar-refractivity contribution in [2.24, 2.45) is 0 Å². The molecule has 0 atom stereocenters. The SMILES string of the molecule is Cc1cc(C)c(S(=O)(=O)N(CCc2cccc(Br)c2)Cc2ccccc2)c(C)c1. The van der Waals surface area contributed by atoms with Gasteiger partial charge in [0.1, 0.15) is 0 Å². The lowest BCUT2D eigenvalue weighted by Crippen LogP contribution is -2.33. The molecule has 0 spiro atoms. The van der Waals surface area contributed by atoms with Crippen LogP contribution < -0.4 is 0 Å². The van der Waals surface area contributed by atoms with Crippen molar-refractivity contribution in [1.29, 1.82) is 0 Å². The molecule has 29 heavy (non-hydrogen) atoms. The maximum absolute atomic E-state index is 13.7. The van der Waals surface area contributed by atoms with Crippen LogP contribution in [0.1, 0.15) is 27.8 Å². The first-order valence-corrected chi connectivity index (χ1v) is 11.9. The molecule has 0 heterocycles. The molecule has 0 aliphatic rings. The summed E-state index contributed by atoms with van der Waals surface area (Å²) in [6.07, 6.45) is 0.648. The summed E-state index contributed by atoms with van der Waals surface area (Å²) in [6.45, 7) is 6.51. The fraction of sp³-hybridized carbons (Fsp3) is 0.250. The molecule has 3 nitrogen and oxygen atoms in total. The zero-order valence-corrected chi connectivity index (χ0v) is 19.4. The Labute approximate surface area is 182 Å². The van der Waals surface area contributed by atoms with E-state index in [2.05, 4.69) is 15.9 Å². The second kappa shape index (κ2) is 9.24. The molecule has 0 radical (unpaired) electrons. The maximum atomic E-state index is 13.7. The molecule has 0 aliphatic heterocycles. The van der Waals surface area contributed by atoms with Crippen LogP contribution in [0.2, 0.25) is 0 Å². The average Bonchev–Trinajstić information content (AvgIpc) is 2.64. The quantitative estimate of drug-likeness (QED) is 0.435. The van der Waals surface area contributed by atoms with E-state index in [9.17, 15) is 8.42 Å². The highest BCUT2D eigenvalue weighted by Gasteiger charge is 2.28. The van der Waals surface area contributed by atoms with Gasteiger partial charge in [0.15, 0.2) is 0 Å². The highest BCUT2D eigenvalue weighted by Crippen LogP contribution is 2.27. The number of hydrogen-bond acceptors (Lipinski definition) is 2. The summed E-state index contributed by atoms with van der Waals surface area (Å²) in [5.74, 6) is 0. The van der Waals surface area contributed by atoms with Gasteiger partial charge >= 0.3 is 0 Å². The van der Waals surface area contributed by atoms with Gasteiger partial charge in [0.05, 0.1) is 4.90 Å². The number of nitrogens with zero attached hydrogens (tertiary/aromatic N) is 1. The molecule has 0 amide bonds. The molecule has 5 heteroatoms. The van der Waals surface area contributed by atoms with Gasteiger partial charge in [0.2, 0.25) is 10.0 Å². The van der Waals surface area contributed by atoms with E-state index in [1.54, 1.807) is 4.31 Å². The van der Waals surface area contributed by atoms with Crippen molar-refractivity contribution in [2.45, 2.75) is 38.6 Å². The van der Waals surface area contributed by atoms with E-state index in [1.165, 1.54) is 0 Å². The fourth-order valence-corrected chi connectivity index (χ4v) is 6.01. The molecule has 3 rings (SSSR count). The van der Waals surface area contributed by atoms with Crippen LogP contribution >= 0.6 is 15.9 Å². The Morgan fingerprint density at radius 3 is 2.07 bits per heavy atom. The van der Waals surface area contributed by atoms with Gasteiger partial charge in [-0.05, 0) is 61.6 Å². The standard InChI is InChI=1S/C24H26BrNO2S/c1-18-14-19(2)24(20(3)15-18)29(27,28)26(17-22-8-5-4-6-9-22)13-12-21-10-7-11-23(25)16-21/h4-11,14-16H,12-13,17H2,1-3H3. The van der Waals surface area contributed by atoms with E-state index in [0.717, 1.165) is 32.3 Å². The molecular weight excluding hydrogens is 446 g/mol. The van der Waals surface area contributed by atoms with Crippen molar-refractivity contribution in [2.75, 3.05) is 6.54 Å². The number of benzene rings is 3. The Morgan fingerprint density at radius 1 is 0.828 bits per heavy atom. The van der Waals surface area contributed by atoms with Crippen molar-refractivity contribution in [3.8, 4) is 0 Å². The Balaban J connectivity index is 1.97. The molecule has 0 saturated heterocycles. The molecule has 0 aromatic heterocycles. The van der Waals surface area contributed by atoms with E-state index < -0.39 is 10.0 Å². The highest BCUT2D eigenvalue weighted by molar-refractivity contribution is 9.10. The molecule has 0 aliphatic carbocycles. The van der Waals surface area contributed by atoms with Crippen molar-refractivity contribution in [3.63, 3.8) is 0 Å². The monoisotopic (exact) mass is 471 g/mol. The normalized spacial score (nSPS) is 11.8. The van der Waals surface area contributed by atoms with Crippen molar-refractivity contribution < 1.29 is 8.42 Å². The van der Waals surface area contributed by atoms with Crippen molar-refractivity contribution >= 4 is 26.0 Å². The molecule has 0 saturated carbocycles. The van der Waals surface area contributed by atoms with Crippen molar-refractivity contribution in [3.05, 3.63) is 99.0 Å². The van der Waals surface area contributed by atoms with Gasteiger partial charge in [-0.25, -0.2) is 8.42 Å². The third-order valence-corrected chi connectivity index (χ3v) is 7.59. The summed E-state index contributed by atoms with van der Waals surface area (Å²) in [5.41, 5.74) is 4.74. The summed E-state index contributed by atoms with van der Waals surface area (Å²) in [4.78, 5) is 0.424. The van der Waals surface area contributed by atoms with E-state index in [1.807, 2.05) is 87.5 Å². The summed E-state index contributed by atoms with van der Waals surface area (Å²) in [6, 6.07) is 21.7. The van der Waals surface area contributed by atoms with Crippen molar-refractivity contribution in [1.82, 2.24) is 4.31 Å². The second-order valence-corrected chi connectivity index (χ2v) is 10.2. The predicted molar refractivity (Wildman–Crippen MR) is 123 cm³/mol. The molecule has 0 unspecified atom stereocenters. The zero-order valence-electron chi connectivity index (χ0n) is 17.0. The third-order valence-electron chi connectivity index (χ3n) is 4.94. The van der Waals surface area contributed by atoms with E-state index in [-0.39, 0.29) is 0 Å². The smallest absolute Gasteiger partial charge is 0.207 e. The van der Waals surface area contributed by atoms with Gasteiger partial charge in [0.25, 0.3) is 0 Å². The maximum Gasteiger partial charge on any atom is 0.243 e. The summed E-state index contributed by atoms with van der Waals surface area (Å²) in [7, 11) is -3.64. The molecule has 0 N–H and O–H groups in total. The third kappa shape index (κ3) is 5.35. The molecule has 152 valence electrons. The van der Waals surface area contributed by atoms with Crippen LogP contribution in [0, 0.1) is 20.8 Å². The van der Waals surface area contributed by atoms with Gasteiger partial charge < -0.3 is 0 Å². The lowest BCUT2D eigenvalue weighted by Gasteiger charge is -2.25. The van der Waals surface area contributed by atoms with Crippen LogP contribution in [0.5, 0.6) is 0 Å². The van der Waals surface area contributed by atoms with Crippen LogP contribution in [0.3, 0.4) is 0 Å². The second-order valence-electron chi connectivity index (χ2n) is 7.43. The Kier molecular flexibility index (Phi) is 6.93. The lowest BCUT2D eigenvalue weighted by atomic mass is 10.1. The minimum absolute atomic E-state index is 0.351. The summed E-state index contributed by atoms with van der Waals surface area (Å²) < 4.78 is 30.0. The highest BCUT2D eigenvalue weighted by atomic mass is 79.9. The number of hydrogen-bond donors (Lipinski definition) is 0. The predicted octanol–water partition coefficient (Wildman–Crippen LogP) is 5.81. The van der Waals surface area contributed by atoms with E-state index in [0.29, 0.717) is 24.4 Å². The summed E-state index contributed by atoms with van der Waals surface area (Å²) >= 11 is 3.49. The topological polar surface area (TPSA) is 37.4 Å². The van der Waals surface area contributed by atoms with Crippen LogP contribution in [0.25, 0.3) is 0 Å². The minimum atomic E-state index is -3.64. The number of halogens is 1. The van der Waals surface area contributed by atoms with Crippen LogP contribution in [0.4, 0.5) is 0 Å². The number of sulfonamides is 1. The molecule has 3 aromatic carbocycles. The van der Waals surface area contributed by atoms with Gasteiger partial charge in [-0.15, -0.1) is 0 Å². The Bertz CT molecular complexity index is 1070. The fourth-order valence-electron chi connectivity index (χ4n) is 3.72. The Morgan fingerprint density at radius 2 is 1.45 bits per heavy atom.